The van der Waals surface area contributed by atoms with Gasteiger partial charge in [-0.1, -0.05) is 29.3 Å². The van der Waals surface area contributed by atoms with E-state index in [1.165, 1.54) is 6.07 Å². The highest BCUT2D eigenvalue weighted by atomic mass is 19.1. The van der Waals surface area contributed by atoms with Crippen LogP contribution in [0.2, 0.25) is 0 Å². The first-order chi connectivity index (χ1) is 12.7. The van der Waals surface area contributed by atoms with Crippen molar-refractivity contribution < 1.29 is 23.2 Å². The summed E-state index contributed by atoms with van der Waals surface area (Å²) in [4.78, 5) is 12.3. The second-order valence-electron chi connectivity index (χ2n) is 6.00. The van der Waals surface area contributed by atoms with E-state index in [0.29, 0.717) is 31.2 Å². The number of carbonyl (C=O) groups is 1. The molecule has 0 saturated carbocycles. The van der Waals surface area contributed by atoms with Crippen LogP contribution in [0.4, 0.5) is 4.39 Å². The van der Waals surface area contributed by atoms with Crippen LogP contribution in [0.5, 0.6) is 0 Å². The van der Waals surface area contributed by atoms with E-state index < -0.39 is 5.91 Å². The molecular formula is C19H19FN2O4. The number of aromatic nitrogens is 1. The largest absolute Gasteiger partial charge is 0.381 e. The van der Waals surface area contributed by atoms with Gasteiger partial charge in [0.25, 0.3) is 5.91 Å². The van der Waals surface area contributed by atoms with E-state index in [9.17, 15) is 9.18 Å². The lowest BCUT2D eigenvalue weighted by atomic mass is 10.1. The zero-order chi connectivity index (χ0) is 18.4. The molecule has 2 heterocycles. The summed E-state index contributed by atoms with van der Waals surface area (Å²) in [5.74, 6) is 2.23. The predicted molar refractivity (Wildman–Crippen MR) is 90.6 cm³/mol. The minimum Gasteiger partial charge on any atom is -0.381 e. The fourth-order valence-corrected chi connectivity index (χ4v) is 2.66. The van der Waals surface area contributed by atoms with Crippen LogP contribution in [0.1, 0.15) is 33.8 Å². The van der Waals surface area contributed by atoms with Crippen LogP contribution in [-0.4, -0.2) is 30.8 Å². The number of carbonyl (C=O) groups excluding carboxylic acids is 1. The number of benzene rings is 1. The second kappa shape index (κ2) is 8.61. The van der Waals surface area contributed by atoms with Crippen molar-refractivity contribution in [1.82, 2.24) is 10.5 Å². The summed E-state index contributed by atoms with van der Waals surface area (Å²) < 4.78 is 29.4. The van der Waals surface area contributed by atoms with Gasteiger partial charge in [-0.25, -0.2) is 4.39 Å². The Bertz CT molecular complexity index is 806. The molecule has 1 aliphatic rings. The fraction of sp³-hybridized carbons (Fsp3) is 0.368. The SMILES string of the molecule is C#Cc1c(C(=O)NCC2CCOC2)noc1COCc1ccccc1F. The van der Waals surface area contributed by atoms with Crippen molar-refractivity contribution in [3.63, 3.8) is 0 Å². The molecule has 26 heavy (non-hydrogen) atoms. The Kier molecular flexibility index (Phi) is 6.00. The van der Waals surface area contributed by atoms with Crippen LogP contribution in [0.25, 0.3) is 0 Å². The minimum atomic E-state index is -0.394. The maximum atomic E-state index is 13.6. The maximum Gasteiger partial charge on any atom is 0.274 e. The summed E-state index contributed by atoms with van der Waals surface area (Å²) >= 11 is 0. The van der Waals surface area contributed by atoms with Crippen LogP contribution < -0.4 is 5.32 Å². The number of nitrogens with one attached hydrogen (secondary N) is 1. The van der Waals surface area contributed by atoms with Crippen molar-refractivity contribution >= 4 is 5.91 Å². The molecule has 136 valence electrons. The summed E-state index contributed by atoms with van der Waals surface area (Å²) in [6.45, 7) is 1.89. The molecule has 3 rings (SSSR count). The Balaban J connectivity index is 1.58. The lowest BCUT2D eigenvalue weighted by Crippen LogP contribution is -2.30. The molecular weight excluding hydrogens is 339 g/mol. The number of hydrogen-bond acceptors (Lipinski definition) is 5. The van der Waals surface area contributed by atoms with Crippen LogP contribution in [0, 0.1) is 24.1 Å². The zero-order valence-electron chi connectivity index (χ0n) is 14.2. The average molecular weight is 358 g/mol. The van der Waals surface area contributed by atoms with Crippen molar-refractivity contribution in [2.75, 3.05) is 19.8 Å². The molecule has 1 saturated heterocycles. The van der Waals surface area contributed by atoms with Crippen LogP contribution in [-0.2, 0) is 22.7 Å². The summed E-state index contributed by atoms with van der Waals surface area (Å²) in [7, 11) is 0. The van der Waals surface area contributed by atoms with Crippen molar-refractivity contribution in [3.05, 3.63) is 52.7 Å². The van der Waals surface area contributed by atoms with E-state index in [-0.39, 0.29) is 36.0 Å². The number of halogens is 1. The van der Waals surface area contributed by atoms with Gasteiger partial charge in [0.2, 0.25) is 0 Å². The molecule has 0 aliphatic carbocycles. The molecule has 2 aromatic rings. The Hall–Kier alpha value is -2.69. The number of nitrogens with zero attached hydrogens (tertiary/aromatic N) is 1. The Morgan fingerprint density at radius 1 is 1.42 bits per heavy atom. The summed E-state index contributed by atoms with van der Waals surface area (Å²) in [5.41, 5.74) is 0.723. The lowest BCUT2D eigenvalue weighted by molar-refractivity contribution is 0.0857. The molecule has 1 aromatic carbocycles. The first-order valence-electron chi connectivity index (χ1n) is 8.31. The van der Waals surface area contributed by atoms with E-state index in [2.05, 4.69) is 16.4 Å². The van der Waals surface area contributed by atoms with Gasteiger partial charge < -0.3 is 19.3 Å². The highest BCUT2D eigenvalue weighted by Crippen LogP contribution is 2.17. The first-order valence-corrected chi connectivity index (χ1v) is 8.31. The van der Waals surface area contributed by atoms with Crippen molar-refractivity contribution in [3.8, 4) is 12.3 Å². The van der Waals surface area contributed by atoms with Crippen molar-refractivity contribution in [2.45, 2.75) is 19.6 Å². The number of ether oxygens (including phenoxy) is 2. The number of rotatable bonds is 7. The molecule has 1 unspecified atom stereocenters. The number of hydrogen-bond donors (Lipinski definition) is 1. The molecule has 7 heteroatoms. The average Bonchev–Trinajstić information content (AvgIpc) is 3.30. The second-order valence-corrected chi connectivity index (χ2v) is 6.00. The summed E-state index contributed by atoms with van der Waals surface area (Å²) in [6, 6.07) is 6.32. The molecule has 0 radical (unpaired) electrons. The van der Waals surface area contributed by atoms with Gasteiger partial charge in [-0.05, 0) is 12.5 Å². The first kappa shape index (κ1) is 18.1. The van der Waals surface area contributed by atoms with Crippen molar-refractivity contribution in [2.24, 2.45) is 5.92 Å². The normalized spacial score (nSPS) is 16.4. The minimum absolute atomic E-state index is 0.00931. The quantitative estimate of drug-likeness (QED) is 0.769. The third-order valence-electron chi connectivity index (χ3n) is 4.15. The van der Waals surface area contributed by atoms with E-state index in [4.69, 9.17) is 20.4 Å². The molecule has 1 fully saturated rings. The summed E-state index contributed by atoms with van der Waals surface area (Å²) in [5, 5.41) is 6.55. The van der Waals surface area contributed by atoms with E-state index in [1.807, 2.05) is 0 Å². The van der Waals surface area contributed by atoms with Gasteiger partial charge in [-0.15, -0.1) is 6.42 Å². The van der Waals surface area contributed by atoms with E-state index >= 15 is 0 Å². The van der Waals surface area contributed by atoms with Gasteiger partial charge in [-0.2, -0.15) is 0 Å². The Morgan fingerprint density at radius 3 is 3.00 bits per heavy atom. The van der Waals surface area contributed by atoms with Crippen molar-refractivity contribution in [1.29, 1.82) is 0 Å². The summed E-state index contributed by atoms with van der Waals surface area (Å²) in [6.07, 6.45) is 6.41. The fourth-order valence-electron chi connectivity index (χ4n) is 2.66. The molecule has 6 nitrogen and oxygen atoms in total. The monoisotopic (exact) mass is 358 g/mol. The molecule has 1 N–H and O–H groups in total. The predicted octanol–water partition coefficient (Wildman–Crippen LogP) is 2.28. The lowest BCUT2D eigenvalue weighted by Gasteiger charge is -2.08. The van der Waals surface area contributed by atoms with Crippen LogP contribution in [0.15, 0.2) is 28.8 Å². The molecule has 1 aromatic heterocycles. The van der Waals surface area contributed by atoms with Gasteiger partial charge >= 0.3 is 0 Å². The standard InChI is InChI=1S/C19H19FN2O4/c1-2-15-17(12-25-11-14-5-3-4-6-16(14)20)26-22-18(15)19(23)21-9-13-7-8-24-10-13/h1,3-6,13H,7-12H2,(H,21,23). The smallest absolute Gasteiger partial charge is 0.274 e. The highest BCUT2D eigenvalue weighted by Gasteiger charge is 2.23. The van der Waals surface area contributed by atoms with Gasteiger partial charge in [0.1, 0.15) is 18.0 Å². The number of terminal acetylenes is 1. The maximum absolute atomic E-state index is 13.6. The third kappa shape index (κ3) is 4.28. The van der Waals surface area contributed by atoms with Gasteiger partial charge in [0.05, 0.1) is 13.2 Å². The Labute approximate surface area is 150 Å². The highest BCUT2D eigenvalue weighted by molar-refractivity contribution is 5.94. The molecule has 1 amide bonds. The van der Waals surface area contributed by atoms with Gasteiger partial charge in [0, 0.05) is 24.6 Å². The van der Waals surface area contributed by atoms with Gasteiger partial charge in [-0.3, -0.25) is 4.79 Å². The molecule has 1 atom stereocenters. The van der Waals surface area contributed by atoms with E-state index in [0.717, 1.165) is 6.42 Å². The van der Waals surface area contributed by atoms with Crippen LogP contribution >= 0.6 is 0 Å². The molecule has 1 aliphatic heterocycles. The van der Waals surface area contributed by atoms with Gasteiger partial charge in [0.15, 0.2) is 11.5 Å². The van der Waals surface area contributed by atoms with Crippen LogP contribution in [0.3, 0.4) is 0 Å². The topological polar surface area (TPSA) is 73.6 Å². The molecule has 0 bridgehead atoms. The van der Waals surface area contributed by atoms with E-state index in [1.54, 1.807) is 18.2 Å². The third-order valence-corrected chi connectivity index (χ3v) is 4.15. The Morgan fingerprint density at radius 2 is 2.27 bits per heavy atom. The molecule has 0 spiro atoms. The zero-order valence-corrected chi connectivity index (χ0v) is 14.2. The number of amides is 1.